The maximum atomic E-state index is 4.10. The molecule has 0 aromatic carbocycles. The van der Waals surface area contributed by atoms with Crippen LogP contribution in [0.5, 0.6) is 0 Å². The van der Waals surface area contributed by atoms with Gasteiger partial charge in [0.05, 0.1) is 12.0 Å². The van der Waals surface area contributed by atoms with Crippen LogP contribution < -0.4 is 5.32 Å². The summed E-state index contributed by atoms with van der Waals surface area (Å²) in [5, 5.41) is 3.57. The zero-order valence-electron chi connectivity index (χ0n) is 9.03. The van der Waals surface area contributed by atoms with Gasteiger partial charge < -0.3 is 9.88 Å². The lowest BCUT2D eigenvalue weighted by atomic mass is 10.2. The highest BCUT2D eigenvalue weighted by molar-refractivity contribution is 5.00. The smallest absolute Gasteiger partial charge is 0.0945 e. The Morgan fingerprint density at radius 3 is 3.14 bits per heavy atom. The number of aryl methyl sites for hydroxylation is 1. The fourth-order valence-electron chi connectivity index (χ4n) is 1.98. The molecule has 14 heavy (non-hydrogen) atoms. The second-order valence-corrected chi connectivity index (χ2v) is 4.27. The summed E-state index contributed by atoms with van der Waals surface area (Å²) in [6.07, 6.45) is 7.85. The van der Waals surface area contributed by atoms with Gasteiger partial charge in [0.1, 0.15) is 0 Å². The molecule has 0 saturated heterocycles. The Balaban J connectivity index is 1.72. The van der Waals surface area contributed by atoms with Crippen LogP contribution in [0.4, 0.5) is 0 Å². The third-order valence-electron chi connectivity index (χ3n) is 3.04. The summed E-state index contributed by atoms with van der Waals surface area (Å²) in [5.41, 5.74) is 1.27. The average molecular weight is 193 g/mol. The van der Waals surface area contributed by atoms with E-state index in [0.29, 0.717) is 0 Å². The molecule has 0 bridgehead atoms. The molecule has 0 aliphatic heterocycles. The van der Waals surface area contributed by atoms with Crippen LogP contribution in [-0.4, -0.2) is 15.6 Å². The molecule has 3 heteroatoms. The van der Waals surface area contributed by atoms with E-state index in [1.54, 1.807) is 0 Å². The summed E-state index contributed by atoms with van der Waals surface area (Å²) in [7, 11) is 2.04. The maximum Gasteiger partial charge on any atom is 0.0945 e. The van der Waals surface area contributed by atoms with Gasteiger partial charge in [-0.05, 0) is 18.8 Å². The SMILES string of the molecule is CCCC1CC1NCc1cncn1C. The van der Waals surface area contributed by atoms with Crippen LogP contribution in [0.3, 0.4) is 0 Å². The van der Waals surface area contributed by atoms with Crippen molar-refractivity contribution in [1.82, 2.24) is 14.9 Å². The van der Waals surface area contributed by atoms with E-state index in [2.05, 4.69) is 21.8 Å². The van der Waals surface area contributed by atoms with Gasteiger partial charge in [-0.3, -0.25) is 0 Å². The molecule has 1 N–H and O–H groups in total. The number of hydrogen-bond acceptors (Lipinski definition) is 2. The first-order valence-corrected chi connectivity index (χ1v) is 5.50. The monoisotopic (exact) mass is 193 g/mol. The van der Waals surface area contributed by atoms with Crippen molar-refractivity contribution in [3.05, 3.63) is 18.2 Å². The molecule has 0 amide bonds. The zero-order valence-corrected chi connectivity index (χ0v) is 9.03. The largest absolute Gasteiger partial charge is 0.337 e. The van der Waals surface area contributed by atoms with Crippen molar-refractivity contribution >= 4 is 0 Å². The minimum Gasteiger partial charge on any atom is -0.337 e. The number of nitrogens with one attached hydrogen (secondary N) is 1. The molecule has 2 unspecified atom stereocenters. The van der Waals surface area contributed by atoms with Gasteiger partial charge in [0, 0.05) is 25.8 Å². The van der Waals surface area contributed by atoms with Gasteiger partial charge in [-0.15, -0.1) is 0 Å². The van der Waals surface area contributed by atoms with E-state index in [1.165, 1.54) is 25.0 Å². The van der Waals surface area contributed by atoms with E-state index in [1.807, 2.05) is 19.6 Å². The number of rotatable bonds is 5. The highest BCUT2D eigenvalue weighted by Crippen LogP contribution is 2.34. The molecule has 2 atom stereocenters. The predicted molar refractivity (Wildman–Crippen MR) is 56.9 cm³/mol. The molecule has 1 aliphatic rings. The van der Waals surface area contributed by atoms with Crippen molar-refractivity contribution in [2.75, 3.05) is 0 Å². The van der Waals surface area contributed by atoms with Crippen LogP contribution in [0.15, 0.2) is 12.5 Å². The lowest BCUT2D eigenvalue weighted by Gasteiger charge is -2.04. The molecule has 1 fully saturated rings. The van der Waals surface area contributed by atoms with E-state index in [-0.39, 0.29) is 0 Å². The van der Waals surface area contributed by atoms with E-state index < -0.39 is 0 Å². The first kappa shape index (κ1) is 9.71. The van der Waals surface area contributed by atoms with Crippen LogP contribution in [0.25, 0.3) is 0 Å². The Morgan fingerprint density at radius 1 is 1.64 bits per heavy atom. The molecule has 1 aliphatic carbocycles. The Hall–Kier alpha value is -0.830. The zero-order chi connectivity index (χ0) is 9.97. The summed E-state index contributed by atoms with van der Waals surface area (Å²) in [6.45, 7) is 3.22. The van der Waals surface area contributed by atoms with Gasteiger partial charge in [0.2, 0.25) is 0 Å². The second-order valence-electron chi connectivity index (χ2n) is 4.27. The first-order chi connectivity index (χ1) is 6.81. The third-order valence-corrected chi connectivity index (χ3v) is 3.04. The summed E-state index contributed by atoms with van der Waals surface area (Å²) < 4.78 is 2.07. The van der Waals surface area contributed by atoms with Crippen molar-refractivity contribution in [3.63, 3.8) is 0 Å². The minimum atomic E-state index is 0.768. The molecular weight excluding hydrogens is 174 g/mol. The fraction of sp³-hybridized carbons (Fsp3) is 0.727. The first-order valence-electron chi connectivity index (χ1n) is 5.50. The van der Waals surface area contributed by atoms with E-state index >= 15 is 0 Å². The number of imidazole rings is 1. The summed E-state index contributed by atoms with van der Waals surface area (Å²) in [4.78, 5) is 4.10. The molecule has 1 aromatic heterocycles. The molecule has 78 valence electrons. The molecular formula is C11H19N3. The van der Waals surface area contributed by atoms with Crippen LogP contribution in [-0.2, 0) is 13.6 Å². The molecule has 0 radical (unpaired) electrons. The standard InChI is InChI=1S/C11H19N3/c1-3-4-9-5-11(9)13-7-10-6-12-8-14(10)2/h6,8-9,11,13H,3-5,7H2,1-2H3. The summed E-state index contributed by atoms with van der Waals surface area (Å²) >= 11 is 0. The van der Waals surface area contributed by atoms with Crippen molar-refractivity contribution < 1.29 is 0 Å². The molecule has 1 saturated carbocycles. The van der Waals surface area contributed by atoms with Gasteiger partial charge in [0.15, 0.2) is 0 Å². The van der Waals surface area contributed by atoms with Gasteiger partial charge in [-0.1, -0.05) is 13.3 Å². The van der Waals surface area contributed by atoms with Crippen LogP contribution >= 0.6 is 0 Å². The van der Waals surface area contributed by atoms with Crippen molar-refractivity contribution in [3.8, 4) is 0 Å². The normalized spacial score (nSPS) is 25.3. The van der Waals surface area contributed by atoms with E-state index in [9.17, 15) is 0 Å². The third kappa shape index (κ3) is 2.15. The van der Waals surface area contributed by atoms with Gasteiger partial charge in [-0.25, -0.2) is 4.98 Å². The van der Waals surface area contributed by atoms with Crippen molar-refractivity contribution in [1.29, 1.82) is 0 Å². The highest BCUT2D eigenvalue weighted by Gasteiger charge is 2.35. The summed E-state index contributed by atoms with van der Waals surface area (Å²) in [6, 6.07) is 0.768. The average Bonchev–Trinajstić information content (AvgIpc) is 2.78. The topological polar surface area (TPSA) is 29.9 Å². The maximum absolute atomic E-state index is 4.10. The highest BCUT2D eigenvalue weighted by atomic mass is 15.1. The number of aromatic nitrogens is 2. The number of hydrogen-bond donors (Lipinski definition) is 1. The quantitative estimate of drug-likeness (QED) is 0.771. The second kappa shape index (κ2) is 4.13. The lowest BCUT2D eigenvalue weighted by Crippen LogP contribution is -2.19. The molecule has 3 nitrogen and oxygen atoms in total. The van der Waals surface area contributed by atoms with Crippen molar-refractivity contribution in [2.45, 2.75) is 38.8 Å². The van der Waals surface area contributed by atoms with E-state index in [0.717, 1.165) is 18.5 Å². The fourth-order valence-corrected chi connectivity index (χ4v) is 1.98. The molecule has 2 rings (SSSR count). The Morgan fingerprint density at radius 2 is 2.50 bits per heavy atom. The number of nitrogens with zero attached hydrogens (tertiary/aromatic N) is 2. The molecule has 1 heterocycles. The predicted octanol–water partition coefficient (Wildman–Crippen LogP) is 1.70. The van der Waals surface area contributed by atoms with Crippen molar-refractivity contribution in [2.24, 2.45) is 13.0 Å². The van der Waals surface area contributed by atoms with Crippen LogP contribution in [0, 0.1) is 5.92 Å². The van der Waals surface area contributed by atoms with Crippen LogP contribution in [0.2, 0.25) is 0 Å². The van der Waals surface area contributed by atoms with Gasteiger partial charge in [0.25, 0.3) is 0 Å². The van der Waals surface area contributed by atoms with Gasteiger partial charge in [-0.2, -0.15) is 0 Å². The van der Waals surface area contributed by atoms with Crippen LogP contribution in [0.1, 0.15) is 31.9 Å². The lowest BCUT2D eigenvalue weighted by molar-refractivity contribution is 0.585. The Labute approximate surface area is 85.5 Å². The van der Waals surface area contributed by atoms with Gasteiger partial charge >= 0.3 is 0 Å². The Bertz CT molecular complexity index is 292. The van der Waals surface area contributed by atoms with E-state index in [4.69, 9.17) is 0 Å². The summed E-state index contributed by atoms with van der Waals surface area (Å²) in [5.74, 6) is 0.938. The molecule has 0 spiro atoms. The molecule has 1 aromatic rings. The minimum absolute atomic E-state index is 0.768. The Kier molecular flexibility index (Phi) is 2.87.